The topological polar surface area (TPSA) is 84.6 Å². The third-order valence-corrected chi connectivity index (χ3v) is 4.21. The number of hydrogen-bond donors (Lipinski definition) is 1. The van der Waals surface area contributed by atoms with Crippen molar-refractivity contribution in [3.8, 4) is 22.8 Å². The average Bonchev–Trinajstić information content (AvgIpc) is 3.32. The highest BCUT2D eigenvalue weighted by molar-refractivity contribution is 5.66. The normalized spacial score (nSPS) is 13.6. The van der Waals surface area contributed by atoms with E-state index in [1.165, 1.54) is 5.56 Å². The molecule has 4 heterocycles. The van der Waals surface area contributed by atoms with Crippen molar-refractivity contribution in [3.63, 3.8) is 0 Å². The summed E-state index contributed by atoms with van der Waals surface area (Å²) in [5, 5.41) is 11.9. The first-order valence-electron chi connectivity index (χ1n) is 7.58. The molecule has 5 rings (SSSR count). The summed E-state index contributed by atoms with van der Waals surface area (Å²) in [6, 6.07) is 5.81. The van der Waals surface area contributed by atoms with Crippen molar-refractivity contribution >= 4 is 5.65 Å². The van der Waals surface area contributed by atoms with Crippen LogP contribution in [0, 0.1) is 0 Å². The molecule has 0 amide bonds. The van der Waals surface area contributed by atoms with Crippen molar-refractivity contribution in [1.82, 2.24) is 34.8 Å². The van der Waals surface area contributed by atoms with E-state index in [0.29, 0.717) is 5.82 Å². The Hall–Kier alpha value is -3.09. The summed E-state index contributed by atoms with van der Waals surface area (Å²) in [5.74, 6) is 0.639. The fraction of sp³-hybridized carbons (Fsp3) is 0.188. The minimum absolute atomic E-state index is 0.639. The number of aryl methyl sites for hydroxylation is 2. The zero-order valence-electron chi connectivity index (χ0n) is 12.3. The lowest BCUT2D eigenvalue weighted by atomic mass is 10.2. The Bertz CT molecular complexity index is 1000. The molecule has 0 unspecified atom stereocenters. The highest BCUT2D eigenvalue weighted by Gasteiger charge is 2.19. The van der Waals surface area contributed by atoms with Crippen LogP contribution < -0.4 is 0 Å². The molecule has 0 atom stereocenters. The number of aromatic amines is 1. The standard InChI is InChI=1S/C16H13N7/c1-2-11-12(3-1)18-9-23-16(11)19-15(22-23)14-8-13(20-21-14)10-4-6-17-7-5-10/h4-9H,1-3H2,(H,20,21). The Morgan fingerprint density at radius 1 is 1.13 bits per heavy atom. The monoisotopic (exact) mass is 303 g/mol. The van der Waals surface area contributed by atoms with Gasteiger partial charge in [0.2, 0.25) is 0 Å². The summed E-state index contributed by atoms with van der Waals surface area (Å²) in [6.45, 7) is 0. The van der Waals surface area contributed by atoms with Crippen molar-refractivity contribution in [1.29, 1.82) is 0 Å². The SMILES string of the molecule is c1cc(-c2cc(-c3nc4c5c(ncn4n3)CCC5)[nH]n2)ccn1. The molecule has 0 saturated heterocycles. The van der Waals surface area contributed by atoms with Crippen molar-refractivity contribution in [2.24, 2.45) is 0 Å². The van der Waals surface area contributed by atoms with Gasteiger partial charge in [0.15, 0.2) is 11.5 Å². The second-order valence-electron chi connectivity index (χ2n) is 5.63. The molecular weight excluding hydrogens is 290 g/mol. The molecule has 1 aliphatic carbocycles. The van der Waals surface area contributed by atoms with Gasteiger partial charge in [-0.25, -0.2) is 14.5 Å². The summed E-state index contributed by atoms with van der Waals surface area (Å²) in [4.78, 5) is 13.2. The number of aromatic nitrogens is 7. The van der Waals surface area contributed by atoms with Crippen LogP contribution in [-0.2, 0) is 12.8 Å². The molecule has 0 aromatic carbocycles. The Kier molecular flexibility index (Phi) is 2.55. The van der Waals surface area contributed by atoms with Gasteiger partial charge in [-0.2, -0.15) is 5.10 Å². The smallest absolute Gasteiger partial charge is 0.200 e. The summed E-state index contributed by atoms with van der Waals surface area (Å²) in [6.07, 6.45) is 8.44. The number of H-pyrrole nitrogens is 1. The van der Waals surface area contributed by atoms with E-state index in [1.54, 1.807) is 23.2 Å². The predicted octanol–water partition coefficient (Wildman–Crippen LogP) is 2.07. The number of rotatable bonds is 2. The van der Waals surface area contributed by atoms with Crippen molar-refractivity contribution < 1.29 is 0 Å². The number of pyridine rings is 1. The molecule has 4 aromatic heterocycles. The first kappa shape index (κ1) is 12.5. The molecule has 0 fully saturated rings. The fourth-order valence-corrected chi connectivity index (χ4v) is 3.07. The zero-order valence-corrected chi connectivity index (χ0v) is 12.3. The van der Waals surface area contributed by atoms with E-state index in [-0.39, 0.29) is 0 Å². The van der Waals surface area contributed by atoms with E-state index in [2.05, 4.69) is 30.2 Å². The van der Waals surface area contributed by atoms with Crippen molar-refractivity contribution in [3.05, 3.63) is 48.2 Å². The molecule has 0 saturated carbocycles. The van der Waals surface area contributed by atoms with Gasteiger partial charge in [-0.3, -0.25) is 10.1 Å². The molecule has 4 aromatic rings. The Labute approximate surface area is 131 Å². The maximum atomic E-state index is 4.69. The third-order valence-electron chi connectivity index (χ3n) is 4.21. The van der Waals surface area contributed by atoms with Gasteiger partial charge in [0.25, 0.3) is 0 Å². The molecule has 0 bridgehead atoms. The second-order valence-corrected chi connectivity index (χ2v) is 5.63. The molecule has 112 valence electrons. The molecule has 0 radical (unpaired) electrons. The van der Waals surface area contributed by atoms with Gasteiger partial charge in [-0.1, -0.05) is 0 Å². The summed E-state index contributed by atoms with van der Waals surface area (Å²) in [7, 11) is 0. The first-order valence-corrected chi connectivity index (χ1v) is 7.58. The van der Waals surface area contributed by atoms with Crippen LogP contribution in [0.15, 0.2) is 36.9 Å². The van der Waals surface area contributed by atoms with Gasteiger partial charge in [-0.15, -0.1) is 5.10 Å². The maximum Gasteiger partial charge on any atom is 0.200 e. The van der Waals surface area contributed by atoms with E-state index >= 15 is 0 Å². The Morgan fingerprint density at radius 2 is 2.04 bits per heavy atom. The fourth-order valence-electron chi connectivity index (χ4n) is 3.07. The lowest BCUT2D eigenvalue weighted by molar-refractivity contribution is 0.887. The minimum atomic E-state index is 0.639. The number of nitrogens with zero attached hydrogens (tertiary/aromatic N) is 6. The van der Waals surface area contributed by atoms with Crippen LogP contribution in [0.4, 0.5) is 0 Å². The van der Waals surface area contributed by atoms with Gasteiger partial charge < -0.3 is 0 Å². The first-order chi connectivity index (χ1) is 11.4. The quantitative estimate of drug-likeness (QED) is 0.612. The van der Waals surface area contributed by atoms with Crippen LogP contribution in [-0.4, -0.2) is 34.8 Å². The van der Waals surface area contributed by atoms with Crippen LogP contribution in [0.25, 0.3) is 28.4 Å². The van der Waals surface area contributed by atoms with Crippen LogP contribution in [0.3, 0.4) is 0 Å². The molecule has 23 heavy (non-hydrogen) atoms. The Morgan fingerprint density at radius 3 is 2.96 bits per heavy atom. The van der Waals surface area contributed by atoms with Gasteiger partial charge in [-0.05, 0) is 37.5 Å². The largest absolute Gasteiger partial charge is 0.274 e. The summed E-state index contributed by atoms with van der Waals surface area (Å²) in [5.41, 5.74) is 5.94. The molecular formula is C16H13N7. The average molecular weight is 303 g/mol. The van der Waals surface area contributed by atoms with E-state index in [0.717, 1.165) is 47.6 Å². The molecule has 7 nitrogen and oxygen atoms in total. The van der Waals surface area contributed by atoms with Crippen LogP contribution in [0.2, 0.25) is 0 Å². The molecule has 1 N–H and O–H groups in total. The summed E-state index contributed by atoms with van der Waals surface area (Å²) < 4.78 is 1.76. The van der Waals surface area contributed by atoms with Crippen molar-refractivity contribution in [2.75, 3.05) is 0 Å². The van der Waals surface area contributed by atoms with Gasteiger partial charge in [0.05, 0.1) is 5.69 Å². The highest BCUT2D eigenvalue weighted by atomic mass is 15.3. The van der Waals surface area contributed by atoms with E-state index in [9.17, 15) is 0 Å². The molecule has 0 aliphatic heterocycles. The number of fused-ring (bicyclic) bond motifs is 3. The molecule has 7 heteroatoms. The van der Waals surface area contributed by atoms with Crippen LogP contribution in [0.1, 0.15) is 17.7 Å². The van der Waals surface area contributed by atoms with E-state index < -0.39 is 0 Å². The maximum absolute atomic E-state index is 4.69. The molecule has 1 aliphatic rings. The summed E-state index contributed by atoms with van der Waals surface area (Å²) >= 11 is 0. The lowest BCUT2D eigenvalue weighted by Gasteiger charge is -1.97. The second kappa shape index (κ2) is 4.70. The van der Waals surface area contributed by atoms with E-state index in [4.69, 9.17) is 0 Å². The van der Waals surface area contributed by atoms with Gasteiger partial charge in [0, 0.05) is 29.2 Å². The van der Waals surface area contributed by atoms with Gasteiger partial charge in [0.1, 0.15) is 12.0 Å². The van der Waals surface area contributed by atoms with Crippen LogP contribution in [0.5, 0.6) is 0 Å². The number of nitrogens with one attached hydrogen (secondary N) is 1. The van der Waals surface area contributed by atoms with Gasteiger partial charge >= 0.3 is 0 Å². The van der Waals surface area contributed by atoms with Crippen LogP contribution >= 0.6 is 0 Å². The third kappa shape index (κ3) is 1.93. The molecule has 0 spiro atoms. The zero-order chi connectivity index (χ0) is 15.2. The Balaban J connectivity index is 1.60. The highest BCUT2D eigenvalue weighted by Crippen LogP contribution is 2.26. The van der Waals surface area contributed by atoms with E-state index in [1.807, 2.05) is 18.2 Å². The minimum Gasteiger partial charge on any atom is -0.274 e. The number of hydrogen-bond acceptors (Lipinski definition) is 5. The lowest BCUT2D eigenvalue weighted by Crippen LogP contribution is -1.96. The van der Waals surface area contributed by atoms with Crippen molar-refractivity contribution in [2.45, 2.75) is 19.3 Å². The predicted molar refractivity (Wildman–Crippen MR) is 83.6 cm³/mol.